The van der Waals surface area contributed by atoms with E-state index >= 15 is 0 Å². The van der Waals surface area contributed by atoms with E-state index in [1.165, 1.54) is 11.1 Å². The van der Waals surface area contributed by atoms with Gasteiger partial charge in [0.05, 0.1) is 0 Å². The molecule has 1 aromatic carbocycles. The second kappa shape index (κ2) is 8.44. The summed E-state index contributed by atoms with van der Waals surface area (Å²) in [5, 5.41) is 18.1. The summed E-state index contributed by atoms with van der Waals surface area (Å²) in [4.78, 5) is 32.7. The van der Waals surface area contributed by atoms with E-state index in [4.69, 9.17) is 19.8 Å². The third kappa shape index (κ3) is 4.79. The van der Waals surface area contributed by atoms with E-state index in [2.05, 4.69) is 34.5 Å². The second-order valence-electron chi connectivity index (χ2n) is 5.91. The number of rotatable bonds is 1. The summed E-state index contributed by atoms with van der Waals surface area (Å²) in [5.41, 5.74) is 2.73. The van der Waals surface area contributed by atoms with E-state index in [-0.39, 0.29) is 5.92 Å². The van der Waals surface area contributed by atoms with Gasteiger partial charge in [-0.3, -0.25) is 4.79 Å². The van der Waals surface area contributed by atoms with E-state index in [1.807, 2.05) is 0 Å². The number of fused-ring (bicyclic) bond motifs is 1. The normalized spacial score (nSPS) is 17.2. The number of carbonyl (C=O) groups excluding carboxylic acids is 1. The van der Waals surface area contributed by atoms with Gasteiger partial charge in [-0.25, -0.2) is 9.59 Å². The molecule has 7 nitrogen and oxygen atoms in total. The maximum Gasteiger partial charge on any atom is 0.414 e. The van der Waals surface area contributed by atoms with Crippen molar-refractivity contribution in [1.82, 2.24) is 10.2 Å². The molecule has 1 amide bonds. The zero-order chi connectivity index (χ0) is 17.5. The first kappa shape index (κ1) is 17.9. The first-order valence-electron chi connectivity index (χ1n) is 8.01. The molecule has 3 rings (SSSR count). The van der Waals surface area contributed by atoms with Crippen LogP contribution in [0.2, 0.25) is 0 Å². The molecule has 0 spiro atoms. The number of amides is 1. The van der Waals surface area contributed by atoms with Gasteiger partial charge in [0.25, 0.3) is 0 Å². The molecule has 0 radical (unpaired) electrons. The maximum atomic E-state index is 12.5. The molecule has 2 heterocycles. The average molecular weight is 334 g/mol. The van der Waals surface area contributed by atoms with E-state index in [0.717, 1.165) is 45.4 Å². The minimum atomic E-state index is -1.82. The Morgan fingerprint density at radius 1 is 1.00 bits per heavy atom. The molecule has 0 saturated carbocycles. The fraction of sp³-hybridized carbons (Fsp3) is 0.471. The van der Waals surface area contributed by atoms with E-state index < -0.39 is 11.9 Å². The summed E-state index contributed by atoms with van der Waals surface area (Å²) in [7, 11) is 0. The van der Waals surface area contributed by atoms with E-state index in [0.29, 0.717) is 5.91 Å². The monoisotopic (exact) mass is 334 g/mol. The van der Waals surface area contributed by atoms with Crippen molar-refractivity contribution in [3.8, 4) is 0 Å². The number of carboxylic acids is 2. The molecular formula is C17H22N2O5. The van der Waals surface area contributed by atoms with Crippen LogP contribution in [-0.4, -0.2) is 52.6 Å². The highest BCUT2D eigenvalue weighted by Gasteiger charge is 2.27. The van der Waals surface area contributed by atoms with Crippen LogP contribution in [0.15, 0.2) is 24.3 Å². The fourth-order valence-corrected chi connectivity index (χ4v) is 3.01. The van der Waals surface area contributed by atoms with Gasteiger partial charge in [-0.05, 0) is 43.5 Å². The smallest absolute Gasteiger partial charge is 0.414 e. The second-order valence-corrected chi connectivity index (χ2v) is 5.91. The van der Waals surface area contributed by atoms with Gasteiger partial charge in [-0.15, -0.1) is 0 Å². The van der Waals surface area contributed by atoms with Crippen LogP contribution in [0.1, 0.15) is 24.0 Å². The molecule has 1 saturated heterocycles. The highest BCUT2D eigenvalue weighted by atomic mass is 16.4. The summed E-state index contributed by atoms with van der Waals surface area (Å²) in [6.07, 6.45) is 3.00. The Kier molecular flexibility index (Phi) is 6.31. The molecule has 1 aromatic rings. The first-order chi connectivity index (χ1) is 11.5. The molecule has 130 valence electrons. The maximum absolute atomic E-state index is 12.5. The summed E-state index contributed by atoms with van der Waals surface area (Å²) in [6, 6.07) is 8.49. The van der Waals surface area contributed by atoms with Crippen molar-refractivity contribution >= 4 is 17.8 Å². The number of carbonyl (C=O) groups is 3. The van der Waals surface area contributed by atoms with E-state index in [9.17, 15) is 4.79 Å². The van der Waals surface area contributed by atoms with Gasteiger partial charge >= 0.3 is 11.9 Å². The zero-order valence-corrected chi connectivity index (χ0v) is 13.4. The van der Waals surface area contributed by atoms with Crippen molar-refractivity contribution < 1.29 is 24.6 Å². The lowest BCUT2D eigenvalue weighted by molar-refractivity contribution is -0.159. The molecule has 0 unspecified atom stereocenters. The Bertz CT molecular complexity index is 599. The van der Waals surface area contributed by atoms with Crippen molar-refractivity contribution in [2.24, 2.45) is 5.92 Å². The molecule has 3 N–H and O–H groups in total. The number of nitrogens with zero attached hydrogens (tertiary/aromatic N) is 1. The fourth-order valence-electron chi connectivity index (χ4n) is 3.01. The predicted octanol–water partition coefficient (Wildman–Crippen LogP) is 0.726. The molecule has 7 heteroatoms. The summed E-state index contributed by atoms with van der Waals surface area (Å²) in [6.45, 7) is 3.67. The number of hydrogen-bond donors (Lipinski definition) is 3. The molecule has 0 bridgehead atoms. The third-order valence-electron chi connectivity index (χ3n) is 4.31. The molecule has 2 aliphatic heterocycles. The topological polar surface area (TPSA) is 107 Å². The van der Waals surface area contributed by atoms with Gasteiger partial charge in [0, 0.05) is 19.0 Å². The van der Waals surface area contributed by atoms with Crippen LogP contribution in [0.4, 0.5) is 0 Å². The zero-order valence-electron chi connectivity index (χ0n) is 13.4. The minimum absolute atomic E-state index is 0.247. The van der Waals surface area contributed by atoms with Crippen LogP contribution < -0.4 is 5.32 Å². The molecule has 0 aromatic heterocycles. The average Bonchev–Trinajstić information content (AvgIpc) is 2.62. The van der Waals surface area contributed by atoms with E-state index in [1.54, 1.807) is 0 Å². The lowest BCUT2D eigenvalue weighted by Gasteiger charge is -2.33. The van der Waals surface area contributed by atoms with Crippen molar-refractivity contribution in [2.45, 2.75) is 25.8 Å². The Labute approximate surface area is 140 Å². The van der Waals surface area contributed by atoms with Crippen molar-refractivity contribution in [3.63, 3.8) is 0 Å². The van der Waals surface area contributed by atoms with Crippen LogP contribution >= 0.6 is 0 Å². The first-order valence-corrected chi connectivity index (χ1v) is 8.01. The number of nitrogens with one attached hydrogen (secondary N) is 1. The van der Waals surface area contributed by atoms with Gasteiger partial charge in [0.15, 0.2) is 0 Å². The largest absolute Gasteiger partial charge is 0.473 e. The third-order valence-corrected chi connectivity index (χ3v) is 4.31. The highest BCUT2D eigenvalue weighted by Crippen LogP contribution is 2.22. The Hall–Kier alpha value is -2.41. The van der Waals surface area contributed by atoms with Gasteiger partial charge in [0.2, 0.25) is 5.91 Å². The van der Waals surface area contributed by atoms with Gasteiger partial charge in [-0.2, -0.15) is 0 Å². The highest BCUT2D eigenvalue weighted by molar-refractivity contribution is 6.27. The number of piperidine rings is 1. The molecule has 0 aliphatic carbocycles. The summed E-state index contributed by atoms with van der Waals surface area (Å²) < 4.78 is 0. The van der Waals surface area contributed by atoms with Gasteiger partial charge in [-0.1, -0.05) is 24.3 Å². The molecule has 2 aliphatic rings. The minimum Gasteiger partial charge on any atom is -0.473 e. The van der Waals surface area contributed by atoms with Crippen molar-refractivity contribution in [1.29, 1.82) is 0 Å². The van der Waals surface area contributed by atoms with Gasteiger partial charge < -0.3 is 20.4 Å². The lowest BCUT2D eigenvalue weighted by atomic mass is 9.94. The van der Waals surface area contributed by atoms with Crippen LogP contribution in [-0.2, 0) is 27.3 Å². The molecule has 24 heavy (non-hydrogen) atoms. The van der Waals surface area contributed by atoms with Crippen molar-refractivity contribution in [3.05, 3.63) is 35.4 Å². The molecule has 0 atom stereocenters. The van der Waals surface area contributed by atoms with Crippen LogP contribution in [0.3, 0.4) is 0 Å². The quantitative estimate of drug-likeness (QED) is 0.654. The Morgan fingerprint density at radius 3 is 2.17 bits per heavy atom. The number of hydrogen-bond acceptors (Lipinski definition) is 4. The number of carboxylic acid groups (broad SMARTS) is 2. The standard InChI is InChI=1S/C15H20N2O.C2H2O4/c18-15(13-5-8-16-9-6-13)17-10-7-12-3-1-2-4-14(12)11-17;3-1(4)2(5)6/h1-4,13,16H,5-11H2;(H,3,4)(H,5,6). The lowest BCUT2D eigenvalue weighted by Crippen LogP contribution is -2.43. The predicted molar refractivity (Wildman–Crippen MR) is 86.4 cm³/mol. The Balaban J connectivity index is 0.000000301. The van der Waals surface area contributed by atoms with Crippen LogP contribution in [0.5, 0.6) is 0 Å². The summed E-state index contributed by atoms with van der Waals surface area (Å²) >= 11 is 0. The number of aliphatic carboxylic acids is 2. The molecular weight excluding hydrogens is 312 g/mol. The van der Waals surface area contributed by atoms with Gasteiger partial charge in [0.1, 0.15) is 0 Å². The molecule has 1 fully saturated rings. The number of benzene rings is 1. The Morgan fingerprint density at radius 2 is 1.58 bits per heavy atom. The van der Waals surface area contributed by atoms with Crippen LogP contribution in [0.25, 0.3) is 0 Å². The van der Waals surface area contributed by atoms with Crippen LogP contribution in [0, 0.1) is 5.92 Å². The SMILES string of the molecule is O=C(C1CCNCC1)N1CCc2ccccc2C1.O=C(O)C(=O)O. The summed E-state index contributed by atoms with van der Waals surface area (Å²) in [5.74, 6) is -3.03. The van der Waals surface area contributed by atoms with Crippen molar-refractivity contribution in [2.75, 3.05) is 19.6 Å².